The second-order valence-corrected chi connectivity index (χ2v) is 9.39. The Balaban J connectivity index is 1.24. The number of thiazole rings is 1. The van der Waals surface area contributed by atoms with E-state index in [0.29, 0.717) is 6.42 Å². The number of nitrogens with zero attached hydrogens (tertiary/aromatic N) is 4. The summed E-state index contributed by atoms with van der Waals surface area (Å²) in [5.74, 6) is 0.108. The van der Waals surface area contributed by atoms with E-state index in [1.165, 1.54) is 0 Å². The molecule has 32 heavy (non-hydrogen) atoms. The van der Waals surface area contributed by atoms with Gasteiger partial charge in [0.05, 0.1) is 22.5 Å². The van der Waals surface area contributed by atoms with Gasteiger partial charge in [-0.1, -0.05) is 53.8 Å². The van der Waals surface area contributed by atoms with Gasteiger partial charge in [-0.05, 0) is 49.9 Å². The average Bonchev–Trinajstić information content (AvgIpc) is 3.37. The van der Waals surface area contributed by atoms with Crippen LogP contribution in [-0.2, 0) is 11.2 Å². The summed E-state index contributed by atoms with van der Waals surface area (Å²) < 4.78 is 3.07. The van der Waals surface area contributed by atoms with E-state index in [1.807, 2.05) is 48.0 Å². The van der Waals surface area contributed by atoms with Gasteiger partial charge in [-0.2, -0.15) is 10.1 Å². The molecule has 0 unspecified atom stereocenters. The molecule has 0 saturated carbocycles. The molecular weight excluding hydrogens is 418 g/mol. The molecule has 2 aromatic carbocycles. The fourth-order valence-electron chi connectivity index (χ4n) is 4.28. The first kappa shape index (κ1) is 20.7. The Morgan fingerprint density at radius 1 is 1.06 bits per heavy atom. The fraction of sp³-hybridized carbons (Fsp3) is 0.320. The highest BCUT2D eigenvalue weighted by atomic mass is 32.1. The zero-order chi connectivity index (χ0) is 22.1. The molecule has 5 rings (SSSR count). The standard InChI is InChI=1S/C25H27N5OS/c1-17-8-6-7-9-19(17)16-22(31)26-20-12-14-29(15-13-20)25-27-24-23(32-25)18(2)28-30(24)21-10-4-3-5-11-21/h3-11,20H,12-16H2,1-2H3,(H,26,31). The zero-order valence-corrected chi connectivity index (χ0v) is 19.2. The topological polar surface area (TPSA) is 63.1 Å². The van der Waals surface area contributed by atoms with E-state index in [-0.39, 0.29) is 11.9 Å². The summed E-state index contributed by atoms with van der Waals surface area (Å²) in [5, 5.41) is 8.96. The molecule has 164 valence electrons. The molecule has 1 fully saturated rings. The van der Waals surface area contributed by atoms with Gasteiger partial charge in [-0.25, -0.2) is 4.68 Å². The minimum atomic E-state index is 0.108. The molecule has 2 aromatic heterocycles. The lowest BCUT2D eigenvalue weighted by Crippen LogP contribution is -2.45. The van der Waals surface area contributed by atoms with Crippen molar-refractivity contribution in [2.45, 2.75) is 39.2 Å². The minimum Gasteiger partial charge on any atom is -0.353 e. The van der Waals surface area contributed by atoms with Gasteiger partial charge in [0, 0.05) is 19.1 Å². The molecule has 1 aliphatic heterocycles. The number of para-hydroxylation sites is 1. The maximum absolute atomic E-state index is 12.5. The van der Waals surface area contributed by atoms with Crippen molar-refractivity contribution in [1.82, 2.24) is 20.1 Å². The van der Waals surface area contributed by atoms with Crippen LogP contribution in [0.1, 0.15) is 29.7 Å². The molecule has 1 aliphatic rings. The third-order valence-corrected chi connectivity index (χ3v) is 7.34. The van der Waals surface area contributed by atoms with Crippen LogP contribution in [0.2, 0.25) is 0 Å². The van der Waals surface area contributed by atoms with Crippen molar-refractivity contribution in [2.24, 2.45) is 0 Å². The Bertz CT molecular complexity index is 1240. The number of anilines is 1. The SMILES string of the molecule is Cc1ccccc1CC(=O)NC1CCN(c2nc3c(s2)c(C)nn3-c2ccccc2)CC1. The number of hydrogen-bond donors (Lipinski definition) is 1. The number of aromatic nitrogens is 3. The molecule has 0 aliphatic carbocycles. The lowest BCUT2D eigenvalue weighted by Gasteiger charge is -2.32. The Morgan fingerprint density at radius 2 is 1.78 bits per heavy atom. The molecule has 0 radical (unpaired) electrons. The third kappa shape index (κ3) is 4.12. The molecule has 0 spiro atoms. The number of piperidine rings is 1. The van der Waals surface area contributed by atoms with Crippen molar-refractivity contribution in [3.63, 3.8) is 0 Å². The number of carbonyl (C=O) groups excluding carboxylic acids is 1. The largest absolute Gasteiger partial charge is 0.353 e. The van der Waals surface area contributed by atoms with Crippen LogP contribution < -0.4 is 10.2 Å². The van der Waals surface area contributed by atoms with Gasteiger partial charge >= 0.3 is 0 Å². The number of hydrogen-bond acceptors (Lipinski definition) is 5. The summed E-state index contributed by atoms with van der Waals surface area (Å²) >= 11 is 1.71. The second kappa shape index (κ2) is 8.74. The van der Waals surface area contributed by atoms with E-state index in [0.717, 1.165) is 63.9 Å². The first-order valence-corrected chi connectivity index (χ1v) is 11.9. The van der Waals surface area contributed by atoms with Crippen molar-refractivity contribution in [3.8, 4) is 5.69 Å². The van der Waals surface area contributed by atoms with Crippen LogP contribution in [0, 0.1) is 13.8 Å². The van der Waals surface area contributed by atoms with Gasteiger partial charge in [-0.15, -0.1) is 0 Å². The summed E-state index contributed by atoms with van der Waals surface area (Å²) in [6.45, 7) is 5.88. The first-order chi connectivity index (χ1) is 15.6. The number of amides is 1. The summed E-state index contributed by atoms with van der Waals surface area (Å²) in [5.41, 5.74) is 5.21. The molecule has 6 nitrogen and oxygen atoms in total. The van der Waals surface area contributed by atoms with Gasteiger partial charge in [-0.3, -0.25) is 4.79 Å². The third-order valence-electron chi connectivity index (χ3n) is 6.12. The Morgan fingerprint density at radius 3 is 2.53 bits per heavy atom. The predicted molar refractivity (Wildman–Crippen MR) is 130 cm³/mol. The lowest BCUT2D eigenvalue weighted by atomic mass is 10.0. The maximum atomic E-state index is 12.5. The van der Waals surface area contributed by atoms with Gasteiger partial charge in [0.2, 0.25) is 5.91 Å². The molecule has 3 heterocycles. The van der Waals surface area contributed by atoms with E-state index >= 15 is 0 Å². The van der Waals surface area contributed by atoms with Crippen LogP contribution in [0.5, 0.6) is 0 Å². The number of benzene rings is 2. The van der Waals surface area contributed by atoms with Crippen LogP contribution in [0.3, 0.4) is 0 Å². The summed E-state index contributed by atoms with van der Waals surface area (Å²) in [7, 11) is 0. The number of fused-ring (bicyclic) bond motifs is 1. The average molecular weight is 446 g/mol. The maximum Gasteiger partial charge on any atom is 0.224 e. The van der Waals surface area contributed by atoms with Gasteiger partial charge < -0.3 is 10.2 Å². The summed E-state index contributed by atoms with van der Waals surface area (Å²) in [4.78, 5) is 19.8. The monoisotopic (exact) mass is 445 g/mol. The van der Waals surface area contributed by atoms with E-state index < -0.39 is 0 Å². The van der Waals surface area contributed by atoms with Crippen molar-refractivity contribution in [1.29, 1.82) is 0 Å². The predicted octanol–water partition coefficient (Wildman–Crippen LogP) is 4.43. The highest BCUT2D eigenvalue weighted by Gasteiger charge is 2.24. The van der Waals surface area contributed by atoms with Gasteiger partial charge in [0.15, 0.2) is 10.8 Å². The van der Waals surface area contributed by atoms with Crippen LogP contribution in [0.4, 0.5) is 5.13 Å². The minimum absolute atomic E-state index is 0.108. The highest BCUT2D eigenvalue weighted by molar-refractivity contribution is 7.22. The van der Waals surface area contributed by atoms with Crippen molar-refractivity contribution < 1.29 is 4.79 Å². The van der Waals surface area contributed by atoms with Crippen LogP contribution >= 0.6 is 11.3 Å². The normalized spacial score (nSPS) is 14.8. The fourth-order valence-corrected chi connectivity index (χ4v) is 5.32. The smallest absolute Gasteiger partial charge is 0.224 e. The van der Waals surface area contributed by atoms with Gasteiger partial charge in [0.1, 0.15) is 0 Å². The van der Waals surface area contributed by atoms with E-state index in [2.05, 4.69) is 35.3 Å². The number of nitrogens with one attached hydrogen (secondary N) is 1. The zero-order valence-electron chi connectivity index (χ0n) is 18.4. The lowest BCUT2D eigenvalue weighted by molar-refractivity contribution is -0.121. The molecular formula is C25H27N5OS. The summed E-state index contributed by atoms with van der Waals surface area (Å²) in [6.07, 6.45) is 2.30. The summed E-state index contributed by atoms with van der Waals surface area (Å²) in [6, 6.07) is 18.4. The van der Waals surface area contributed by atoms with Crippen LogP contribution in [0.15, 0.2) is 54.6 Å². The van der Waals surface area contributed by atoms with Crippen molar-refractivity contribution in [3.05, 3.63) is 71.4 Å². The molecule has 1 saturated heterocycles. The number of aryl methyl sites for hydroxylation is 2. The molecule has 4 aromatic rings. The molecule has 1 amide bonds. The Hall–Kier alpha value is -3.19. The van der Waals surface area contributed by atoms with Crippen LogP contribution in [-0.4, -0.2) is 39.8 Å². The second-order valence-electron chi connectivity index (χ2n) is 8.41. The van der Waals surface area contributed by atoms with Crippen molar-refractivity contribution >= 4 is 32.7 Å². The number of rotatable bonds is 5. The molecule has 0 bridgehead atoms. The van der Waals surface area contributed by atoms with Crippen molar-refractivity contribution in [2.75, 3.05) is 18.0 Å². The first-order valence-electron chi connectivity index (χ1n) is 11.1. The van der Waals surface area contributed by atoms with Crippen LogP contribution in [0.25, 0.3) is 16.0 Å². The molecule has 7 heteroatoms. The van der Waals surface area contributed by atoms with E-state index in [4.69, 9.17) is 10.1 Å². The van der Waals surface area contributed by atoms with Gasteiger partial charge in [0.25, 0.3) is 0 Å². The number of carbonyl (C=O) groups is 1. The van der Waals surface area contributed by atoms with E-state index in [1.54, 1.807) is 11.3 Å². The Kier molecular flexibility index (Phi) is 5.66. The Labute approximate surface area is 191 Å². The van der Waals surface area contributed by atoms with E-state index in [9.17, 15) is 4.79 Å². The quantitative estimate of drug-likeness (QED) is 0.494. The molecule has 1 N–H and O–H groups in total. The highest BCUT2D eigenvalue weighted by Crippen LogP contribution is 2.33. The molecule has 0 atom stereocenters.